The van der Waals surface area contributed by atoms with Crippen LogP contribution in [0, 0.1) is 19.3 Å². The molecule has 0 N–H and O–H groups in total. The van der Waals surface area contributed by atoms with Gasteiger partial charge in [-0.05, 0) is 13.3 Å². The van der Waals surface area contributed by atoms with E-state index < -0.39 is 0 Å². The minimum Gasteiger partial charge on any atom is -0.446 e. The molecule has 0 aliphatic heterocycles. The Kier molecular flexibility index (Phi) is 2.93. The monoisotopic (exact) mass is 163 g/mol. The van der Waals surface area contributed by atoms with Crippen molar-refractivity contribution >= 4 is 0 Å². The van der Waals surface area contributed by atoms with E-state index in [2.05, 4.69) is 17.8 Å². The molecule has 0 aromatic carbocycles. The van der Waals surface area contributed by atoms with Gasteiger partial charge >= 0.3 is 0 Å². The van der Waals surface area contributed by atoms with E-state index in [9.17, 15) is 0 Å². The molecule has 1 unspecified atom stereocenters. The predicted molar refractivity (Wildman–Crippen MR) is 47.7 cm³/mol. The van der Waals surface area contributed by atoms with Crippen LogP contribution < -0.4 is 0 Å². The van der Waals surface area contributed by atoms with Crippen LogP contribution in [-0.4, -0.2) is 4.98 Å². The van der Waals surface area contributed by atoms with Gasteiger partial charge in [-0.15, -0.1) is 12.3 Å². The van der Waals surface area contributed by atoms with Crippen molar-refractivity contribution in [3.05, 3.63) is 17.8 Å². The molecular formula is C10H13NO. The summed E-state index contributed by atoms with van der Waals surface area (Å²) < 4.78 is 5.38. The first-order valence-corrected chi connectivity index (χ1v) is 4.13. The Labute approximate surface area is 73.0 Å². The van der Waals surface area contributed by atoms with Crippen molar-refractivity contribution in [3.8, 4) is 12.3 Å². The number of oxazole rings is 1. The van der Waals surface area contributed by atoms with Crippen LogP contribution in [0.3, 0.4) is 0 Å². The lowest BCUT2D eigenvalue weighted by Crippen LogP contribution is -1.95. The molecule has 2 nitrogen and oxygen atoms in total. The summed E-state index contributed by atoms with van der Waals surface area (Å²) in [4.78, 5) is 4.14. The van der Waals surface area contributed by atoms with E-state index in [0.717, 1.165) is 18.1 Å². The smallest absolute Gasteiger partial charge is 0.198 e. The van der Waals surface area contributed by atoms with Crippen molar-refractivity contribution in [2.45, 2.75) is 32.6 Å². The number of aromatic nitrogens is 1. The number of aryl methyl sites for hydroxylation is 1. The molecule has 1 aromatic heterocycles. The van der Waals surface area contributed by atoms with Crippen LogP contribution in [0.1, 0.15) is 37.3 Å². The van der Waals surface area contributed by atoms with Crippen LogP contribution in [0.2, 0.25) is 0 Å². The van der Waals surface area contributed by atoms with E-state index >= 15 is 0 Å². The number of rotatable bonds is 3. The lowest BCUT2D eigenvalue weighted by atomic mass is 10.0. The van der Waals surface area contributed by atoms with Gasteiger partial charge in [0.25, 0.3) is 0 Å². The van der Waals surface area contributed by atoms with E-state index in [1.165, 1.54) is 0 Å². The van der Waals surface area contributed by atoms with Crippen molar-refractivity contribution in [3.63, 3.8) is 0 Å². The van der Waals surface area contributed by atoms with Gasteiger partial charge in [-0.2, -0.15) is 0 Å². The first kappa shape index (κ1) is 8.86. The Balaban J connectivity index is 2.74. The summed E-state index contributed by atoms with van der Waals surface area (Å²) in [6.07, 6.45) is 8.64. The minimum absolute atomic E-state index is 0.281. The van der Waals surface area contributed by atoms with Crippen molar-refractivity contribution in [2.75, 3.05) is 0 Å². The molecule has 2 heteroatoms. The standard InChI is InChI=1S/C10H13NO/c1-4-6-9(5-2)10-11-7-8(3)12-10/h1,7,9H,5-6H2,2-3H3. The molecule has 0 aliphatic rings. The Morgan fingerprint density at radius 3 is 2.92 bits per heavy atom. The quantitative estimate of drug-likeness (QED) is 0.640. The fourth-order valence-corrected chi connectivity index (χ4v) is 1.11. The van der Waals surface area contributed by atoms with E-state index in [1.807, 2.05) is 6.92 Å². The molecule has 0 saturated heterocycles. The average Bonchev–Trinajstić information content (AvgIpc) is 2.47. The second kappa shape index (κ2) is 3.96. The second-order valence-electron chi connectivity index (χ2n) is 2.82. The van der Waals surface area contributed by atoms with Gasteiger partial charge in [0.2, 0.25) is 0 Å². The fourth-order valence-electron chi connectivity index (χ4n) is 1.11. The topological polar surface area (TPSA) is 26.0 Å². The largest absolute Gasteiger partial charge is 0.446 e. The van der Waals surface area contributed by atoms with Crippen LogP contribution in [0.25, 0.3) is 0 Å². The molecule has 0 spiro atoms. The number of nitrogens with zero attached hydrogens (tertiary/aromatic N) is 1. The zero-order chi connectivity index (χ0) is 8.97. The van der Waals surface area contributed by atoms with Gasteiger partial charge in [-0.25, -0.2) is 4.98 Å². The number of hydrogen-bond donors (Lipinski definition) is 0. The maximum Gasteiger partial charge on any atom is 0.198 e. The normalized spacial score (nSPS) is 12.4. The highest BCUT2D eigenvalue weighted by Crippen LogP contribution is 2.21. The molecule has 1 heterocycles. The Morgan fingerprint density at radius 1 is 1.75 bits per heavy atom. The van der Waals surface area contributed by atoms with E-state index in [0.29, 0.717) is 6.42 Å². The van der Waals surface area contributed by atoms with E-state index in [4.69, 9.17) is 10.8 Å². The van der Waals surface area contributed by atoms with Crippen LogP contribution in [0.5, 0.6) is 0 Å². The van der Waals surface area contributed by atoms with Gasteiger partial charge in [-0.1, -0.05) is 6.92 Å². The van der Waals surface area contributed by atoms with Crippen molar-refractivity contribution < 1.29 is 4.42 Å². The van der Waals surface area contributed by atoms with Crippen molar-refractivity contribution in [1.29, 1.82) is 0 Å². The Bertz CT molecular complexity index is 282. The zero-order valence-electron chi connectivity index (χ0n) is 7.50. The summed E-state index contributed by atoms with van der Waals surface area (Å²) in [5.74, 6) is 4.53. The molecule has 1 rings (SSSR count). The third-order valence-corrected chi connectivity index (χ3v) is 1.85. The van der Waals surface area contributed by atoms with Gasteiger partial charge in [0.15, 0.2) is 5.89 Å². The van der Waals surface area contributed by atoms with E-state index in [-0.39, 0.29) is 5.92 Å². The molecule has 0 amide bonds. The van der Waals surface area contributed by atoms with Crippen LogP contribution >= 0.6 is 0 Å². The highest BCUT2D eigenvalue weighted by atomic mass is 16.4. The lowest BCUT2D eigenvalue weighted by Gasteiger charge is -2.05. The molecule has 64 valence electrons. The van der Waals surface area contributed by atoms with Crippen molar-refractivity contribution in [1.82, 2.24) is 4.98 Å². The highest BCUT2D eigenvalue weighted by Gasteiger charge is 2.12. The van der Waals surface area contributed by atoms with Crippen molar-refractivity contribution in [2.24, 2.45) is 0 Å². The molecule has 0 bridgehead atoms. The maximum absolute atomic E-state index is 5.38. The summed E-state index contributed by atoms with van der Waals surface area (Å²) in [6.45, 7) is 3.97. The maximum atomic E-state index is 5.38. The number of hydrogen-bond acceptors (Lipinski definition) is 2. The lowest BCUT2D eigenvalue weighted by molar-refractivity contribution is 0.425. The number of terminal acetylenes is 1. The Hall–Kier alpha value is -1.23. The summed E-state index contributed by atoms with van der Waals surface area (Å²) in [5.41, 5.74) is 0. The first-order valence-electron chi connectivity index (χ1n) is 4.13. The second-order valence-corrected chi connectivity index (χ2v) is 2.82. The van der Waals surface area contributed by atoms with Crippen LogP contribution in [-0.2, 0) is 0 Å². The first-order chi connectivity index (χ1) is 5.77. The molecule has 0 radical (unpaired) electrons. The molecule has 0 aliphatic carbocycles. The van der Waals surface area contributed by atoms with Gasteiger partial charge in [0.1, 0.15) is 5.76 Å². The average molecular weight is 163 g/mol. The third kappa shape index (κ3) is 1.88. The molecule has 1 atom stereocenters. The van der Waals surface area contributed by atoms with E-state index in [1.54, 1.807) is 6.20 Å². The minimum atomic E-state index is 0.281. The summed E-state index contributed by atoms with van der Waals surface area (Å²) in [5, 5.41) is 0. The summed E-state index contributed by atoms with van der Waals surface area (Å²) >= 11 is 0. The molecule has 12 heavy (non-hydrogen) atoms. The fraction of sp³-hybridized carbons (Fsp3) is 0.500. The SMILES string of the molecule is C#CCC(CC)c1ncc(C)o1. The molecule has 1 aromatic rings. The van der Waals surface area contributed by atoms with Crippen LogP contribution in [0.15, 0.2) is 10.6 Å². The van der Waals surface area contributed by atoms with Gasteiger partial charge in [0, 0.05) is 12.3 Å². The third-order valence-electron chi connectivity index (χ3n) is 1.85. The predicted octanol–water partition coefficient (Wildman–Crippen LogP) is 2.50. The van der Waals surface area contributed by atoms with Gasteiger partial charge in [0.05, 0.1) is 6.20 Å². The Morgan fingerprint density at radius 2 is 2.50 bits per heavy atom. The van der Waals surface area contributed by atoms with Crippen LogP contribution in [0.4, 0.5) is 0 Å². The van der Waals surface area contributed by atoms with Gasteiger partial charge < -0.3 is 4.42 Å². The molecular weight excluding hydrogens is 150 g/mol. The summed E-state index contributed by atoms with van der Waals surface area (Å²) in [7, 11) is 0. The highest BCUT2D eigenvalue weighted by molar-refractivity contribution is 5.01. The zero-order valence-corrected chi connectivity index (χ0v) is 7.50. The molecule has 0 fully saturated rings. The van der Waals surface area contributed by atoms with Gasteiger partial charge in [-0.3, -0.25) is 0 Å². The summed E-state index contributed by atoms with van der Waals surface area (Å²) in [6, 6.07) is 0. The molecule has 0 saturated carbocycles.